The van der Waals surface area contributed by atoms with Gasteiger partial charge in [-0.15, -0.1) is 0 Å². The monoisotopic (exact) mass is 1290 g/mol. The van der Waals surface area contributed by atoms with E-state index in [0.29, 0.717) is 28.3 Å². The standard InChI is InChI=1S/C48H45ClF10N7O8PS.C5H12OS.C2H6/c1-22-11-26(17-37(69)70)39(34(12-22)74-75(71,72)73)45(4,5)19-36(68)66(76-6)44-38-32(49)10-9-30(41(38)65(63-44)21-46(52,53)54)29-8-7-24(3)60-40(29)33(16-25-14-27(50)18-28(51)15-25)61-35(67)20-64-43-31(13-23(2)47(43,55)56)42(62-64)48(57,58)59;1-5(2,3)7(4)6;1-2/h7-12,14-15,18,23,33H,13,16-17,19-21H2,1-6H3,(H,61,67)(H,69,70)(H2,71,72,73);1-4H3;1-2H3/t23-,33?;;/m1../s1. The van der Waals surface area contributed by atoms with Gasteiger partial charge >= 0.3 is 26.1 Å². The van der Waals surface area contributed by atoms with Gasteiger partial charge in [-0.3, -0.25) is 42.7 Å². The number of hydrogen-bond acceptors (Lipinski definition) is 10. The van der Waals surface area contributed by atoms with Crippen molar-refractivity contribution in [1.82, 2.24) is 29.9 Å². The van der Waals surface area contributed by atoms with Crippen molar-refractivity contribution < 1.29 is 86.5 Å². The third-order valence-corrected chi connectivity index (χ3v) is 16.4. The summed E-state index contributed by atoms with van der Waals surface area (Å²) in [5.41, 5.74) is -5.62. The highest BCUT2D eigenvalue weighted by atomic mass is 35.5. The molecule has 0 fully saturated rings. The minimum Gasteiger partial charge on any atom is -0.481 e. The Balaban J connectivity index is 0.00000136. The van der Waals surface area contributed by atoms with Crippen LogP contribution in [0, 0.1) is 31.4 Å². The molecule has 2 amide bonds. The number of rotatable bonds is 17. The predicted octanol–water partition coefficient (Wildman–Crippen LogP) is 13.1. The minimum atomic E-state index is -5.30. The van der Waals surface area contributed by atoms with Gasteiger partial charge in [0.25, 0.3) is 5.92 Å². The topological polar surface area (TPSA) is 219 Å². The number of anilines is 1. The van der Waals surface area contributed by atoms with E-state index >= 15 is 8.78 Å². The Kier molecular flexibility index (Phi) is 21.7. The molecule has 3 aromatic carbocycles. The van der Waals surface area contributed by atoms with Gasteiger partial charge in [0.15, 0.2) is 11.5 Å². The Labute approximate surface area is 494 Å². The number of carboxylic acid groups (broad SMARTS) is 1. The second kappa shape index (κ2) is 26.5. The summed E-state index contributed by atoms with van der Waals surface area (Å²) in [5, 5.41) is 19.4. The molecule has 0 bridgehead atoms. The second-order valence-corrected chi connectivity index (χ2v) is 25.8. The number of aliphatic carboxylic acids is 1. The molecule has 7 rings (SSSR count). The van der Waals surface area contributed by atoms with Crippen molar-refractivity contribution in [3.8, 4) is 16.9 Å². The lowest BCUT2D eigenvalue weighted by Crippen LogP contribution is -2.35. The minimum absolute atomic E-state index is 0.0215. The van der Waals surface area contributed by atoms with Crippen LogP contribution in [0.1, 0.15) is 118 Å². The van der Waals surface area contributed by atoms with Crippen LogP contribution in [0.2, 0.25) is 5.02 Å². The maximum absolute atomic E-state index is 15.5. The van der Waals surface area contributed by atoms with E-state index in [2.05, 4.69) is 20.5 Å². The molecule has 0 aliphatic heterocycles. The van der Waals surface area contributed by atoms with E-state index < -0.39 is 151 Å². The Morgan fingerprint density at radius 1 is 0.941 bits per heavy atom. The van der Waals surface area contributed by atoms with Crippen molar-refractivity contribution in [3.05, 3.63) is 122 Å². The number of amides is 2. The van der Waals surface area contributed by atoms with Crippen LogP contribution in [0.5, 0.6) is 5.75 Å². The zero-order valence-electron chi connectivity index (χ0n) is 48.0. The number of halogens is 11. The molecule has 0 saturated carbocycles. The maximum Gasteiger partial charge on any atom is 0.524 e. The van der Waals surface area contributed by atoms with E-state index in [1.54, 1.807) is 6.26 Å². The van der Waals surface area contributed by atoms with Crippen LogP contribution in [-0.2, 0) is 79.6 Å². The summed E-state index contributed by atoms with van der Waals surface area (Å²) in [7, 11) is -5.98. The van der Waals surface area contributed by atoms with E-state index in [0.717, 1.165) is 23.4 Å². The molecule has 0 saturated heterocycles. The summed E-state index contributed by atoms with van der Waals surface area (Å²) in [6, 6.07) is 8.63. The van der Waals surface area contributed by atoms with Gasteiger partial charge in [-0.1, -0.05) is 64.4 Å². The lowest BCUT2D eigenvalue weighted by Gasteiger charge is -2.31. The Hall–Kier alpha value is -6.06. The molecule has 3 aromatic heterocycles. The van der Waals surface area contributed by atoms with E-state index in [9.17, 15) is 73.2 Å². The largest absolute Gasteiger partial charge is 0.524 e. The summed E-state index contributed by atoms with van der Waals surface area (Å²) in [6.45, 7) is 13.7. The molecule has 0 spiro atoms. The fourth-order valence-corrected chi connectivity index (χ4v) is 10.8. The lowest BCUT2D eigenvalue weighted by molar-refractivity contribution is -0.143. The molecule has 1 aliphatic carbocycles. The molecule has 0 radical (unpaired) electrons. The molecule has 30 heteroatoms. The summed E-state index contributed by atoms with van der Waals surface area (Å²) < 4.78 is 176. The van der Waals surface area contributed by atoms with Crippen molar-refractivity contribution in [2.75, 3.05) is 16.8 Å². The number of phosphoric acid groups is 1. The number of carbonyl (C=O) groups is 3. The first-order chi connectivity index (χ1) is 39.0. The molecule has 16 nitrogen and oxygen atoms in total. The summed E-state index contributed by atoms with van der Waals surface area (Å²) in [6.07, 6.45) is -9.72. The van der Waals surface area contributed by atoms with Gasteiger partial charge in [-0.05, 0) is 106 Å². The number of benzene rings is 3. The third-order valence-electron chi connectivity index (χ3n) is 13.2. The van der Waals surface area contributed by atoms with Crippen LogP contribution >= 0.6 is 31.4 Å². The number of carboxylic acids is 1. The molecular weight excluding hydrogens is 1220 g/mol. The average molecular weight is 1290 g/mol. The predicted molar refractivity (Wildman–Crippen MR) is 303 cm³/mol. The lowest BCUT2D eigenvalue weighted by atomic mass is 9.77. The summed E-state index contributed by atoms with van der Waals surface area (Å²) >= 11 is 7.48. The summed E-state index contributed by atoms with van der Waals surface area (Å²) in [5.74, 6) is -12.0. The molecule has 6 aromatic rings. The highest BCUT2D eigenvalue weighted by Crippen LogP contribution is 2.51. The van der Waals surface area contributed by atoms with Crippen LogP contribution < -0.4 is 14.1 Å². The van der Waals surface area contributed by atoms with Gasteiger partial charge < -0.3 is 14.9 Å². The Bertz CT molecular complexity index is 3550. The van der Waals surface area contributed by atoms with Crippen molar-refractivity contribution >= 4 is 76.7 Å². The molecule has 3 atom stereocenters. The van der Waals surface area contributed by atoms with E-state index in [1.807, 2.05) is 34.6 Å². The van der Waals surface area contributed by atoms with E-state index in [4.69, 9.17) is 16.1 Å². The first kappa shape index (κ1) is 69.7. The first-order valence-corrected chi connectivity index (χ1v) is 30.5. The first-order valence-electron chi connectivity index (χ1n) is 25.9. The smallest absolute Gasteiger partial charge is 0.481 e. The molecule has 466 valence electrons. The second-order valence-electron chi connectivity index (χ2n) is 21.4. The molecule has 1 aliphatic rings. The van der Waals surface area contributed by atoms with Gasteiger partial charge in [-0.25, -0.2) is 17.7 Å². The van der Waals surface area contributed by atoms with Gasteiger partial charge in [0.05, 0.1) is 34.1 Å². The van der Waals surface area contributed by atoms with Crippen LogP contribution in [-0.4, -0.2) is 84.9 Å². The zero-order valence-corrected chi connectivity index (χ0v) is 51.3. The maximum atomic E-state index is 15.5. The van der Waals surface area contributed by atoms with Crippen LogP contribution in [0.25, 0.3) is 22.0 Å². The fraction of sp³-hybridized carbons (Fsp3) is 0.455. The number of aryl methyl sites for hydroxylation is 2. The number of phosphoric ester groups is 1. The van der Waals surface area contributed by atoms with Crippen LogP contribution in [0.15, 0.2) is 54.6 Å². The average Bonchev–Trinajstić information content (AvgIpc) is 2.42. The fourth-order valence-electron chi connectivity index (χ4n) is 9.55. The Morgan fingerprint density at radius 3 is 2.06 bits per heavy atom. The molecule has 85 heavy (non-hydrogen) atoms. The third kappa shape index (κ3) is 16.9. The molecular formula is C55H63ClF10N7O9PS2. The van der Waals surface area contributed by atoms with Gasteiger partial charge in [0.1, 0.15) is 36.2 Å². The van der Waals surface area contributed by atoms with Crippen molar-refractivity contribution in [1.29, 1.82) is 0 Å². The number of pyridine rings is 1. The van der Waals surface area contributed by atoms with E-state index in [-0.39, 0.29) is 64.6 Å². The zero-order chi connectivity index (χ0) is 64.4. The van der Waals surface area contributed by atoms with E-state index in [1.165, 1.54) is 70.3 Å². The summed E-state index contributed by atoms with van der Waals surface area (Å²) in [4.78, 5) is 64.9. The highest BCUT2D eigenvalue weighted by molar-refractivity contribution is 8.00. The van der Waals surface area contributed by atoms with Crippen LogP contribution in [0.3, 0.4) is 0 Å². The van der Waals surface area contributed by atoms with Gasteiger partial charge in [-0.2, -0.15) is 45.3 Å². The normalized spacial score (nSPS) is 15.0. The molecule has 4 N–H and O–H groups in total. The number of alkyl halides is 8. The van der Waals surface area contributed by atoms with Crippen molar-refractivity contribution in [2.45, 2.75) is 142 Å². The van der Waals surface area contributed by atoms with Gasteiger partial charge in [0, 0.05) is 79.8 Å². The van der Waals surface area contributed by atoms with Crippen molar-refractivity contribution in [3.63, 3.8) is 0 Å². The molecule has 3 heterocycles. The SMILES string of the molecule is CC.CS(=O)C(C)(C)C.CSN(C(=O)CC(C)(C)c1c(CC(=O)O)cc(C)cc1OP(=O)(O)O)c1nn(CC(F)(F)F)c2c(-c3ccc(C)nc3C(Cc3cc(F)cc(F)c3)NC(=O)Cn3nc(C(F)(F)F)c4c3C(F)(F)[C@H](C)C4)ccc(Cl)c12. The number of hydrogen-bond donors (Lipinski definition) is 4. The molecule has 2 unspecified atom stereocenters. The number of nitrogens with one attached hydrogen (secondary N) is 1. The van der Waals surface area contributed by atoms with Crippen molar-refractivity contribution in [2.24, 2.45) is 5.92 Å². The number of nitrogens with zero attached hydrogens (tertiary/aromatic N) is 6. The number of fused-ring (bicyclic) bond motifs is 2. The Morgan fingerprint density at radius 2 is 1.53 bits per heavy atom. The van der Waals surface area contributed by atoms with Gasteiger partial charge in [0.2, 0.25) is 11.8 Å². The number of carbonyl (C=O) groups excluding carboxylic acids is 2. The van der Waals surface area contributed by atoms with Crippen LogP contribution in [0.4, 0.5) is 49.7 Å². The highest BCUT2D eigenvalue weighted by Gasteiger charge is 2.54. The number of aromatic nitrogens is 5. The quantitative estimate of drug-likeness (QED) is 0.0380.